The van der Waals surface area contributed by atoms with Crippen LogP contribution in [-0.4, -0.2) is 13.3 Å². The molecule has 0 radical (unpaired) electrons. The summed E-state index contributed by atoms with van der Waals surface area (Å²) in [4.78, 5) is 4.45. The molecule has 0 aromatic heterocycles. The monoisotopic (exact) mass is 253 g/mol. The van der Waals surface area contributed by atoms with Gasteiger partial charge in [0, 0.05) is 6.21 Å². The summed E-state index contributed by atoms with van der Waals surface area (Å²) in [5.74, 6) is 1.41. The molecule has 2 rings (SSSR count). The lowest BCUT2D eigenvalue weighted by molar-refractivity contribution is 0.415. The molecule has 0 heterocycles. The van der Waals surface area contributed by atoms with E-state index in [4.69, 9.17) is 4.74 Å². The molecule has 2 aromatic rings. The molecule has 0 unspecified atom stereocenters. The molecule has 0 saturated heterocycles. The molecule has 0 amide bonds. The quantitative estimate of drug-likeness (QED) is 0.731. The normalized spacial score (nSPS) is 11.2. The first-order valence-electron chi connectivity index (χ1n) is 6.47. The Morgan fingerprint density at radius 1 is 0.947 bits per heavy atom. The second-order valence-electron chi connectivity index (χ2n) is 4.78. The maximum Gasteiger partial charge on any atom is 0.119 e. The standard InChI is InChI=1S/C17H19NO/c1-13(2)15-6-4-14(5-7-15)12-18-16-8-10-17(19-3)11-9-16/h4-13H,1-3H3. The Hall–Kier alpha value is -2.09. The molecule has 0 bridgehead atoms. The molecule has 0 aliphatic rings. The van der Waals surface area contributed by atoms with Crippen LogP contribution in [0.3, 0.4) is 0 Å². The van der Waals surface area contributed by atoms with Crippen LogP contribution in [0.1, 0.15) is 30.9 Å². The van der Waals surface area contributed by atoms with Gasteiger partial charge in [-0.25, -0.2) is 0 Å². The van der Waals surface area contributed by atoms with Gasteiger partial charge in [0.05, 0.1) is 12.8 Å². The van der Waals surface area contributed by atoms with Gasteiger partial charge in [0.2, 0.25) is 0 Å². The summed E-state index contributed by atoms with van der Waals surface area (Å²) in [7, 11) is 1.66. The predicted octanol–water partition coefficient (Wildman–Crippen LogP) is 4.57. The molecule has 0 atom stereocenters. The minimum atomic E-state index is 0.563. The van der Waals surface area contributed by atoms with Crippen LogP contribution in [0.15, 0.2) is 53.5 Å². The molecule has 2 aromatic carbocycles. The Kier molecular flexibility index (Phi) is 4.35. The third-order valence-electron chi connectivity index (χ3n) is 3.04. The fourth-order valence-corrected chi connectivity index (χ4v) is 1.78. The topological polar surface area (TPSA) is 21.6 Å². The van der Waals surface area contributed by atoms with Crippen LogP contribution in [-0.2, 0) is 0 Å². The highest BCUT2D eigenvalue weighted by atomic mass is 16.5. The van der Waals surface area contributed by atoms with Crippen LogP contribution in [0.4, 0.5) is 5.69 Å². The van der Waals surface area contributed by atoms with E-state index in [1.54, 1.807) is 7.11 Å². The minimum absolute atomic E-state index is 0.563. The molecule has 0 aliphatic carbocycles. The predicted molar refractivity (Wildman–Crippen MR) is 80.8 cm³/mol. The van der Waals surface area contributed by atoms with Crippen molar-refractivity contribution in [3.05, 3.63) is 59.7 Å². The van der Waals surface area contributed by atoms with E-state index in [2.05, 4.69) is 43.1 Å². The Balaban J connectivity index is 2.08. The third kappa shape index (κ3) is 3.68. The first-order valence-corrected chi connectivity index (χ1v) is 6.47. The lowest BCUT2D eigenvalue weighted by atomic mass is 10.0. The van der Waals surface area contributed by atoms with Crippen molar-refractivity contribution in [2.45, 2.75) is 19.8 Å². The smallest absolute Gasteiger partial charge is 0.119 e. The van der Waals surface area contributed by atoms with Gasteiger partial charge in [0.25, 0.3) is 0 Å². The van der Waals surface area contributed by atoms with E-state index in [1.807, 2.05) is 30.5 Å². The second kappa shape index (κ2) is 6.19. The summed E-state index contributed by atoms with van der Waals surface area (Å²) in [6, 6.07) is 16.2. The number of methoxy groups -OCH3 is 1. The Bertz CT molecular complexity index is 538. The number of hydrogen-bond donors (Lipinski definition) is 0. The summed E-state index contributed by atoms with van der Waals surface area (Å²) < 4.78 is 5.12. The Morgan fingerprint density at radius 3 is 2.11 bits per heavy atom. The van der Waals surface area contributed by atoms with Crippen LogP contribution < -0.4 is 4.74 Å². The first-order chi connectivity index (χ1) is 9.19. The van der Waals surface area contributed by atoms with Gasteiger partial charge < -0.3 is 4.74 Å². The van der Waals surface area contributed by atoms with E-state index in [-0.39, 0.29) is 0 Å². The maximum absolute atomic E-state index is 5.12. The molecule has 0 saturated carbocycles. The molecular formula is C17H19NO. The second-order valence-corrected chi connectivity index (χ2v) is 4.78. The number of rotatable bonds is 4. The van der Waals surface area contributed by atoms with Crippen molar-refractivity contribution in [3.63, 3.8) is 0 Å². The molecule has 0 N–H and O–H groups in total. The van der Waals surface area contributed by atoms with Crippen molar-refractivity contribution in [1.29, 1.82) is 0 Å². The number of hydrogen-bond acceptors (Lipinski definition) is 2. The number of nitrogens with zero attached hydrogens (tertiary/aromatic N) is 1. The third-order valence-corrected chi connectivity index (χ3v) is 3.04. The molecule has 0 aliphatic heterocycles. The first kappa shape index (κ1) is 13.3. The van der Waals surface area contributed by atoms with Gasteiger partial charge in [-0.15, -0.1) is 0 Å². The number of benzene rings is 2. The lowest BCUT2D eigenvalue weighted by Gasteiger charge is -2.04. The van der Waals surface area contributed by atoms with Gasteiger partial charge in [0.1, 0.15) is 5.75 Å². The van der Waals surface area contributed by atoms with E-state index >= 15 is 0 Å². The van der Waals surface area contributed by atoms with Crippen molar-refractivity contribution < 1.29 is 4.74 Å². The summed E-state index contributed by atoms with van der Waals surface area (Å²) in [5, 5.41) is 0. The highest BCUT2D eigenvalue weighted by Crippen LogP contribution is 2.18. The van der Waals surface area contributed by atoms with E-state index in [1.165, 1.54) is 5.56 Å². The number of aliphatic imine (C=N–C) groups is 1. The maximum atomic E-state index is 5.12. The zero-order valence-corrected chi connectivity index (χ0v) is 11.6. The molecule has 0 fully saturated rings. The molecule has 2 nitrogen and oxygen atoms in total. The number of ether oxygens (including phenoxy) is 1. The molecular weight excluding hydrogens is 234 g/mol. The summed E-state index contributed by atoms with van der Waals surface area (Å²) in [6.45, 7) is 4.39. The van der Waals surface area contributed by atoms with Crippen molar-refractivity contribution in [2.24, 2.45) is 4.99 Å². The summed E-state index contributed by atoms with van der Waals surface area (Å²) in [5.41, 5.74) is 3.38. The average molecular weight is 253 g/mol. The largest absolute Gasteiger partial charge is 0.497 e. The van der Waals surface area contributed by atoms with E-state index < -0.39 is 0 Å². The highest BCUT2D eigenvalue weighted by Gasteiger charge is 1.97. The fraction of sp³-hybridized carbons (Fsp3) is 0.235. The van der Waals surface area contributed by atoms with Crippen LogP contribution in [0.5, 0.6) is 5.75 Å². The average Bonchev–Trinajstić information content (AvgIpc) is 2.46. The van der Waals surface area contributed by atoms with Gasteiger partial charge in [-0.05, 0) is 41.3 Å². The van der Waals surface area contributed by atoms with Gasteiger partial charge in [-0.2, -0.15) is 0 Å². The van der Waals surface area contributed by atoms with Crippen LogP contribution in [0.25, 0.3) is 0 Å². The molecule has 98 valence electrons. The zero-order valence-electron chi connectivity index (χ0n) is 11.6. The van der Waals surface area contributed by atoms with Gasteiger partial charge in [0.15, 0.2) is 0 Å². The van der Waals surface area contributed by atoms with Crippen molar-refractivity contribution in [1.82, 2.24) is 0 Å². The van der Waals surface area contributed by atoms with E-state index in [0.717, 1.165) is 17.0 Å². The van der Waals surface area contributed by atoms with E-state index in [0.29, 0.717) is 5.92 Å². The summed E-state index contributed by atoms with van der Waals surface area (Å²) in [6.07, 6.45) is 1.88. The Labute approximate surface area is 114 Å². The molecule has 19 heavy (non-hydrogen) atoms. The van der Waals surface area contributed by atoms with Crippen molar-refractivity contribution >= 4 is 11.9 Å². The van der Waals surface area contributed by atoms with Crippen LogP contribution in [0, 0.1) is 0 Å². The van der Waals surface area contributed by atoms with Crippen molar-refractivity contribution in [2.75, 3.05) is 7.11 Å². The fourth-order valence-electron chi connectivity index (χ4n) is 1.78. The van der Waals surface area contributed by atoms with E-state index in [9.17, 15) is 0 Å². The van der Waals surface area contributed by atoms with Crippen LogP contribution in [0.2, 0.25) is 0 Å². The zero-order chi connectivity index (χ0) is 13.7. The minimum Gasteiger partial charge on any atom is -0.497 e. The lowest BCUT2D eigenvalue weighted by Crippen LogP contribution is -1.88. The molecule has 0 spiro atoms. The van der Waals surface area contributed by atoms with Crippen LogP contribution >= 0.6 is 0 Å². The van der Waals surface area contributed by atoms with Gasteiger partial charge in [-0.3, -0.25) is 4.99 Å². The highest BCUT2D eigenvalue weighted by molar-refractivity contribution is 5.82. The molecule has 2 heteroatoms. The van der Waals surface area contributed by atoms with Gasteiger partial charge >= 0.3 is 0 Å². The summed E-state index contributed by atoms with van der Waals surface area (Å²) >= 11 is 0. The van der Waals surface area contributed by atoms with Gasteiger partial charge in [-0.1, -0.05) is 38.1 Å². The SMILES string of the molecule is COc1ccc(N=Cc2ccc(C(C)C)cc2)cc1. The Morgan fingerprint density at radius 2 is 1.58 bits per heavy atom. The van der Waals surface area contributed by atoms with Crippen molar-refractivity contribution in [3.8, 4) is 5.75 Å².